The molecule has 11 nitrogen and oxygen atoms in total. The number of ether oxygens (including phenoxy) is 1. The summed E-state index contributed by atoms with van der Waals surface area (Å²) in [5.41, 5.74) is 8.81. The van der Waals surface area contributed by atoms with E-state index in [9.17, 15) is 4.79 Å². The number of oxazole rings is 1. The number of benzodiazepines with no additional fused rings is 1. The van der Waals surface area contributed by atoms with Crippen molar-refractivity contribution in [2.75, 3.05) is 23.8 Å². The summed E-state index contributed by atoms with van der Waals surface area (Å²) in [5, 5.41) is 23.1. The molecule has 0 spiro atoms. The van der Waals surface area contributed by atoms with Gasteiger partial charge in [0.15, 0.2) is 11.6 Å². The molecule has 0 radical (unpaired) electrons. The van der Waals surface area contributed by atoms with Crippen molar-refractivity contribution in [2.45, 2.75) is 25.9 Å². The standard InChI is InChI=1S/C25H27N7O4/c1-15-29-20(24(35-15)28-13-7-8-14-33)21(26)36-25(27)32-22-23(34)30-18-12-6-5-11-17(18)19(31-22)16-9-3-2-4-10-16/h2-6,9-12,22,26,28,33H,7-8,13-14H2,1H3,(H2,27,32)(H,30,34). The molecule has 0 aliphatic carbocycles. The Morgan fingerprint density at radius 2 is 1.97 bits per heavy atom. The van der Waals surface area contributed by atoms with Gasteiger partial charge in [0.25, 0.3) is 11.9 Å². The summed E-state index contributed by atoms with van der Waals surface area (Å²) >= 11 is 0. The molecule has 1 aliphatic heterocycles. The molecule has 11 heteroatoms. The van der Waals surface area contributed by atoms with Gasteiger partial charge in [-0.1, -0.05) is 48.5 Å². The molecule has 3 aromatic rings. The zero-order valence-corrected chi connectivity index (χ0v) is 19.7. The number of aliphatic hydroxyl groups excluding tert-OH is 1. The minimum Gasteiger partial charge on any atom is -0.425 e. The molecule has 0 fully saturated rings. The number of aliphatic imine (C=N–C) groups is 2. The number of aryl methyl sites for hydroxylation is 1. The summed E-state index contributed by atoms with van der Waals surface area (Å²) in [6.45, 7) is 2.24. The van der Waals surface area contributed by atoms with Crippen LogP contribution in [0.5, 0.6) is 0 Å². The number of nitrogens with two attached hydrogens (primary N) is 1. The Balaban J connectivity index is 1.57. The van der Waals surface area contributed by atoms with Crippen LogP contribution < -0.4 is 16.4 Å². The minimum absolute atomic E-state index is 0.0875. The highest BCUT2D eigenvalue weighted by molar-refractivity contribution is 6.19. The third kappa shape index (κ3) is 5.76. The second kappa shape index (κ2) is 11.3. The van der Waals surface area contributed by atoms with Gasteiger partial charge in [-0.2, -0.15) is 4.99 Å². The first kappa shape index (κ1) is 24.6. The molecule has 2 heterocycles. The highest BCUT2D eigenvalue weighted by atomic mass is 16.5. The molecule has 2 aromatic carbocycles. The maximum absolute atomic E-state index is 12.9. The summed E-state index contributed by atoms with van der Waals surface area (Å²) in [6, 6.07) is 16.4. The molecule has 1 aliphatic rings. The maximum Gasteiger partial charge on any atom is 0.291 e. The van der Waals surface area contributed by atoms with Gasteiger partial charge in [0, 0.05) is 31.2 Å². The first-order valence-corrected chi connectivity index (χ1v) is 11.4. The van der Waals surface area contributed by atoms with E-state index < -0.39 is 24.0 Å². The summed E-state index contributed by atoms with van der Waals surface area (Å²) in [5.74, 6) is -0.316. The van der Waals surface area contributed by atoms with Crippen molar-refractivity contribution in [1.82, 2.24) is 4.98 Å². The first-order valence-electron chi connectivity index (χ1n) is 11.4. The highest BCUT2D eigenvalue weighted by Crippen LogP contribution is 2.24. The van der Waals surface area contributed by atoms with Crippen LogP contribution in [0, 0.1) is 12.3 Å². The van der Waals surface area contributed by atoms with Crippen molar-refractivity contribution in [3.8, 4) is 0 Å². The molecule has 0 saturated carbocycles. The van der Waals surface area contributed by atoms with Crippen LogP contribution in [0.4, 0.5) is 11.6 Å². The number of hydrogen-bond donors (Lipinski definition) is 5. The maximum atomic E-state index is 12.9. The minimum atomic E-state index is -1.24. The molecule has 1 atom stereocenters. The lowest BCUT2D eigenvalue weighted by molar-refractivity contribution is -0.117. The molecular formula is C25H27N7O4. The Bertz CT molecular complexity index is 1300. The summed E-state index contributed by atoms with van der Waals surface area (Å²) in [4.78, 5) is 25.8. The van der Waals surface area contributed by atoms with E-state index in [4.69, 9.17) is 25.4 Å². The molecule has 0 saturated heterocycles. The normalized spacial score (nSPS) is 15.4. The Morgan fingerprint density at radius 1 is 1.22 bits per heavy atom. The van der Waals surface area contributed by atoms with Gasteiger partial charge in [0.2, 0.25) is 17.9 Å². The third-order valence-corrected chi connectivity index (χ3v) is 5.25. The zero-order chi connectivity index (χ0) is 25.5. The Kier molecular flexibility index (Phi) is 7.71. The lowest BCUT2D eigenvalue weighted by atomic mass is 10.0. The van der Waals surface area contributed by atoms with Crippen molar-refractivity contribution in [3.05, 3.63) is 77.3 Å². The predicted octanol–water partition coefficient (Wildman–Crippen LogP) is 2.64. The van der Waals surface area contributed by atoms with E-state index in [0.717, 1.165) is 11.1 Å². The Labute approximate surface area is 207 Å². The average Bonchev–Trinajstić information content (AvgIpc) is 3.19. The number of carbonyl (C=O) groups excluding carboxylic acids is 1. The van der Waals surface area contributed by atoms with Crippen molar-refractivity contribution in [2.24, 2.45) is 15.7 Å². The number of rotatable bonds is 8. The lowest BCUT2D eigenvalue weighted by Gasteiger charge is -2.10. The fraction of sp³-hybridized carbons (Fsp3) is 0.240. The van der Waals surface area contributed by atoms with Crippen LogP contribution in [0.1, 0.15) is 35.6 Å². The lowest BCUT2D eigenvalue weighted by Crippen LogP contribution is -2.29. The molecule has 1 amide bonds. The smallest absolute Gasteiger partial charge is 0.291 e. The van der Waals surface area contributed by atoms with Gasteiger partial charge in [-0.15, -0.1) is 0 Å². The number of fused-ring (bicyclic) bond motifs is 1. The van der Waals surface area contributed by atoms with Crippen LogP contribution in [0.3, 0.4) is 0 Å². The molecule has 186 valence electrons. The second-order valence-corrected chi connectivity index (χ2v) is 7.92. The van der Waals surface area contributed by atoms with Gasteiger partial charge >= 0.3 is 0 Å². The van der Waals surface area contributed by atoms with E-state index in [0.29, 0.717) is 36.7 Å². The van der Waals surface area contributed by atoms with Gasteiger partial charge in [-0.25, -0.2) is 9.98 Å². The van der Waals surface area contributed by atoms with Gasteiger partial charge in [0.1, 0.15) is 0 Å². The van der Waals surface area contributed by atoms with E-state index in [1.165, 1.54) is 0 Å². The fourth-order valence-corrected chi connectivity index (χ4v) is 3.60. The van der Waals surface area contributed by atoms with Gasteiger partial charge in [0.05, 0.1) is 11.4 Å². The summed E-state index contributed by atoms with van der Waals surface area (Å²) in [6.07, 6.45) is 0.0893. The van der Waals surface area contributed by atoms with Crippen molar-refractivity contribution < 1.29 is 19.1 Å². The van der Waals surface area contributed by atoms with Crippen LogP contribution in [-0.2, 0) is 9.53 Å². The van der Waals surface area contributed by atoms with E-state index >= 15 is 0 Å². The van der Waals surface area contributed by atoms with E-state index in [2.05, 4.69) is 25.6 Å². The topological polar surface area (TPSA) is 171 Å². The number of amides is 1. The average molecular weight is 490 g/mol. The Hall–Kier alpha value is -4.51. The van der Waals surface area contributed by atoms with Crippen LogP contribution in [0.15, 0.2) is 69.0 Å². The van der Waals surface area contributed by atoms with E-state index in [1.54, 1.807) is 13.0 Å². The van der Waals surface area contributed by atoms with Crippen LogP contribution >= 0.6 is 0 Å². The van der Waals surface area contributed by atoms with Gasteiger partial charge < -0.3 is 30.6 Å². The number of aliphatic hydroxyl groups is 1. The molecule has 6 N–H and O–H groups in total. The number of benzene rings is 2. The molecule has 4 rings (SSSR count). The first-order chi connectivity index (χ1) is 17.5. The van der Waals surface area contributed by atoms with Crippen molar-refractivity contribution >= 4 is 35.1 Å². The molecule has 1 unspecified atom stereocenters. The number of nitrogens with zero attached hydrogens (tertiary/aromatic N) is 3. The number of amidine groups is 1. The number of carbonyl (C=O) groups is 1. The quantitative estimate of drug-likeness (QED) is 0.184. The predicted molar refractivity (Wildman–Crippen MR) is 137 cm³/mol. The van der Waals surface area contributed by atoms with Crippen LogP contribution in [-0.4, -0.2) is 52.9 Å². The van der Waals surface area contributed by atoms with Crippen LogP contribution in [0.25, 0.3) is 0 Å². The molecular weight excluding hydrogens is 462 g/mol. The molecule has 36 heavy (non-hydrogen) atoms. The zero-order valence-electron chi connectivity index (χ0n) is 19.7. The largest absolute Gasteiger partial charge is 0.425 e. The van der Waals surface area contributed by atoms with Crippen molar-refractivity contribution in [3.63, 3.8) is 0 Å². The van der Waals surface area contributed by atoms with Gasteiger partial charge in [-0.3, -0.25) is 10.2 Å². The monoisotopic (exact) mass is 489 g/mol. The number of unbranched alkanes of at least 4 members (excludes halogenated alkanes) is 1. The van der Waals surface area contributed by atoms with Crippen molar-refractivity contribution in [1.29, 1.82) is 5.41 Å². The van der Waals surface area contributed by atoms with E-state index in [1.807, 2.05) is 48.5 Å². The number of nitrogens with one attached hydrogen (secondary N) is 3. The molecule has 0 bridgehead atoms. The second-order valence-electron chi connectivity index (χ2n) is 7.92. The van der Waals surface area contributed by atoms with E-state index in [-0.39, 0.29) is 18.2 Å². The SMILES string of the molecule is Cc1nc(C(=N)O/C(N)=N/C2N=C(c3ccccc3)c3ccccc3NC2=O)c(NCCCCO)o1. The van der Waals surface area contributed by atoms with Crippen LogP contribution in [0.2, 0.25) is 0 Å². The third-order valence-electron chi connectivity index (χ3n) is 5.25. The number of anilines is 2. The van der Waals surface area contributed by atoms with Gasteiger partial charge in [-0.05, 0) is 18.9 Å². The fourth-order valence-electron chi connectivity index (χ4n) is 3.60. The summed E-state index contributed by atoms with van der Waals surface area (Å²) < 4.78 is 10.9. The number of para-hydroxylation sites is 1. The Morgan fingerprint density at radius 3 is 2.75 bits per heavy atom. The molecule has 1 aromatic heterocycles. The highest BCUT2D eigenvalue weighted by Gasteiger charge is 2.26. The summed E-state index contributed by atoms with van der Waals surface area (Å²) in [7, 11) is 0. The number of aromatic nitrogens is 1. The number of hydrogen-bond acceptors (Lipinski definition) is 9.